The van der Waals surface area contributed by atoms with Crippen molar-refractivity contribution in [1.29, 1.82) is 0 Å². The summed E-state index contributed by atoms with van der Waals surface area (Å²) in [6, 6.07) is 5.01. The number of imidazole rings is 1. The SMILES string of the molecule is CSCCC(NC(=O)C(N)Cc1ccccc1)C(=O)NC(CCCN=C(N)N)C(=O)NC(Cc1cnc[nH]1)C(=O)O. The van der Waals surface area contributed by atoms with Crippen LogP contribution >= 0.6 is 11.8 Å². The quantitative estimate of drug-likeness (QED) is 0.0590. The average Bonchev–Trinajstić information content (AvgIpc) is 3.45. The summed E-state index contributed by atoms with van der Waals surface area (Å²) in [6.07, 6.45) is 5.68. The normalized spacial score (nSPS) is 13.7. The number of carboxylic acids is 1. The number of carbonyl (C=O) groups excluding carboxylic acids is 3. The summed E-state index contributed by atoms with van der Waals surface area (Å²) >= 11 is 1.49. The van der Waals surface area contributed by atoms with Gasteiger partial charge < -0.3 is 43.2 Å². The molecule has 15 heteroatoms. The van der Waals surface area contributed by atoms with E-state index < -0.39 is 47.9 Å². The lowest BCUT2D eigenvalue weighted by Crippen LogP contribution is -2.57. The molecule has 224 valence electrons. The van der Waals surface area contributed by atoms with Gasteiger partial charge in [0.1, 0.15) is 18.1 Å². The molecule has 14 nitrogen and oxygen atoms in total. The third-order valence-electron chi connectivity index (χ3n) is 6.05. The van der Waals surface area contributed by atoms with Gasteiger partial charge in [0.25, 0.3) is 0 Å². The minimum atomic E-state index is -1.27. The minimum absolute atomic E-state index is 0.0402. The zero-order valence-corrected chi connectivity index (χ0v) is 23.7. The number of aliphatic carboxylic acids is 1. The van der Waals surface area contributed by atoms with E-state index >= 15 is 0 Å². The van der Waals surface area contributed by atoms with Gasteiger partial charge in [0, 0.05) is 24.9 Å². The molecule has 1 aromatic carbocycles. The molecule has 1 heterocycles. The smallest absolute Gasteiger partial charge is 0.326 e. The van der Waals surface area contributed by atoms with Crippen LogP contribution in [-0.2, 0) is 32.0 Å². The maximum absolute atomic E-state index is 13.3. The van der Waals surface area contributed by atoms with Gasteiger partial charge in [-0.1, -0.05) is 30.3 Å². The summed E-state index contributed by atoms with van der Waals surface area (Å²) in [5, 5.41) is 17.5. The fraction of sp³-hybridized carbons (Fsp3) is 0.462. The number of nitrogens with one attached hydrogen (secondary N) is 4. The monoisotopic (exact) mass is 589 g/mol. The number of nitrogens with two attached hydrogens (primary N) is 3. The largest absolute Gasteiger partial charge is 0.480 e. The molecule has 3 amide bonds. The van der Waals surface area contributed by atoms with Gasteiger partial charge in [0.2, 0.25) is 17.7 Å². The molecule has 1 aromatic heterocycles. The van der Waals surface area contributed by atoms with E-state index in [1.807, 2.05) is 36.6 Å². The van der Waals surface area contributed by atoms with Gasteiger partial charge in [-0.2, -0.15) is 11.8 Å². The number of guanidine groups is 1. The zero-order chi connectivity index (χ0) is 30.2. The number of aromatic nitrogens is 2. The highest BCUT2D eigenvalue weighted by Gasteiger charge is 2.30. The van der Waals surface area contributed by atoms with E-state index in [0.29, 0.717) is 17.9 Å². The van der Waals surface area contributed by atoms with Crippen LogP contribution in [0.25, 0.3) is 0 Å². The second-order valence-corrected chi connectivity index (χ2v) is 10.3. The number of rotatable bonds is 18. The first-order valence-electron chi connectivity index (χ1n) is 13.1. The molecular weight excluding hydrogens is 550 g/mol. The van der Waals surface area contributed by atoms with Crippen molar-refractivity contribution in [3.8, 4) is 0 Å². The first-order valence-corrected chi connectivity index (χ1v) is 14.4. The number of benzene rings is 1. The van der Waals surface area contributed by atoms with Crippen molar-refractivity contribution in [3.05, 3.63) is 54.1 Å². The van der Waals surface area contributed by atoms with Crippen LogP contribution in [0.1, 0.15) is 30.5 Å². The number of carbonyl (C=O) groups is 4. The summed E-state index contributed by atoms with van der Waals surface area (Å²) in [5.41, 5.74) is 18.2. The Labute approximate surface area is 242 Å². The lowest BCUT2D eigenvalue weighted by molar-refractivity contribution is -0.142. The van der Waals surface area contributed by atoms with Crippen molar-refractivity contribution in [2.45, 2.75) is 56.3 Å². The minimum Gasteiger partial charge on any atom is -0.480 e. The molecule has 0 radical (unpaired) electrons. The fourth-order valence-corrected chi connectivity index (χ4v) is 4.35. The lowest BCUT2D eigenvalue weighted by atomic mass is 10.0. The number of H-pyrrole nitrogens is 1. The number of thioether (sulfide) groups is 1. The van der Waals surface area contributed by atoms with Crippen LogP contribution in [0.4, 0.5) is 0 Å². The number of hydrogen-bond donors (Lipinski definition) is 8. The Balaban J connectivity index is 2.14. The summed E-state index contributed by atoms with van der Waals surface area (Å²) in [5.74, 6) is -2.62. The summed E-state index contributed by atoms with van der Waals surface area (Å²) in [4.78, 5) is 61.8. The second kappa shape index (κ2) is 17.6. The van der Waals surface area contributed by atoms with Crippen LogP contribution in [0, 0.1) is 0 Å². The van der Waals surface area contributed by atoms with E-state index in [9.17, 15) is 24.3 Å². The van der Waals surface area contributed by atoms with Crippen LogP contribution < -0.4 is 33.2 Å². The number of hydrogen-bond acceptors (Lipinski definition) is 8. The number of aromatic amines is 1. The molecule has 0 aliphatic carbocycles. The fourth-order valence-electron chi connectivity index (χ4n) is 3.88. The molecule has 0 saturated heterocycles. The number of aliphatic imine (C=N–C) groups is 1. The van der Waals surface area contributed by atoms with Gasteiger partial charge in [0.05, 0.1) is 12.4 Å². The molecule has 2 rings (SSSR count). The van der Waals surface area contributed by atoms with Crippen LogP contribution in [0.15, 0.2) is 47.8 Å². The first kappa shape index (κ1) is 33.1. The van der Waals surface area contributed by atoms with E-state index in [1.165, 1.54) is 24.3 Å². The topological polar surface area (TPSA) is 244 Å². The highest BCUT2D eigenvalue weighted by atomic mass is 32.2. The Bertz CT molecular complexity index is 1140. The molecule has 0 bridgehead atoms. The van der Waals surface area contributed by atoms with Crippen molar-refractivity contribution >= 4 is 41.4 Å². The van der Waals surface area contributed by atoms with Crippen molar-refractivity contribution in [2.24, 2.45) is 22.2 Å². The Morgan fingerprint density at radius 3 is 2.20 bits per heavy atom. The van der Waals surface area contributed by atoms with Crippen LogP contribution in [0.2, 0.25) is 0 Å². The predicted octanol–water partition coefficient (Wildman–Crippen LogP) is -1.13. The van der Waals surface area contributed by atoms with Gasteiger partial charge in [-0.05, 0) is 43.3 Å². The molecule has 4 unspecified atom stereocenters. The number of carboxylic acid groups (broad SMARTS) is 1. The van der Waals surface area contributed by atoms with E-state index in [4.69, 9.17) is 17.2 Å². The maximum Gasteiger partial charge on any atom is 0.326 e. The van der Waals surface area contributed by atoms with E-state index in [0.717, 1.165) is 5.56 Å². The zero-order valence-electron chi connectivity index (χ0n) is 22.9. The molecule has 41 heavy (non-hydrogen) atoms. The standard InChI is InChI=1S/C26H39N9O5S/c1-41-11-9-20(33-22(36)18(27)12-16-6-3-2-4-7-16)24(38)34-19(8-5-10-31-26(28)29)23(37)35-21(25(39)40)13-17-14-30-15-32-17/h2-4,6-7,14-15,18-21H,5,8-13,27H2,1H3,(H,30,32)(H,33,36)(H,34,38)(H,35,37)(H,39,40)(H4,28,29,31). The molecular formula is C26H39N9O5S. The van der Waals surface area contributed by atoms with Crippen LogP contribution in [0.5, 0.6) is 0 Å². The van der Waals surface area contributed by atoms with Gasteiger partial charge in [-0.3, -0.25) is 19.4 Å². The maximum atomic E-state index is 13.3. The van der Waals surface area contributed by atoms with Crippen molar-refractivity contribution in [1.82, 2.24) is 25.9 Å². The Kier molecular flexibility index (Phi) is 14.2. The molecule has 4 atom stereocenters. The summed E-state index contributed by atoms with van der Waals surface area (Å²) in [7, 11) is 0. The predicted molar refractivity (Wildman–Crippen MR) is 157 cm³/mol. The molecule has 2 aromatic rings. The molecule has 11 N–H and O–H groups in total. The Morgan fingerprint density at radius 1 is 0.976 bits per heavy atom. The van der Waals surface area contributed by atoms with E-state index in [-0.39, 0.29) is 38.2 Å². The summed E-state index contributed by atoms with van der Waals surface area (Å²) in [6.45, 7) is 0.194. The van der Waals surface area contributed by atoms with Gasteiger partial charge in [-0.25, -0.2) is 9.78 Å². The third kappa shape index (κ3) is 12.3. The van der Waals surface area contributed by atoms with E-state index in [2.05, 4.69) is 30.9 Å². The lowest BCUT2D eigenvalue weighted by Gasteiger charge is -2.25. The second-order valence-electron chi connectivity index (χ2n) is 9.33. The van der Waals surface area contributed by atoms with Crippen molar-refractivity contribution in [2.75, 3.05) is 18.6 Å². The molecule has 0 saturated carbocycles. The Morgan fingerprint density at radius 2 is 1.61 bits per heavy atom. The van der Waals surface area contributed by atoms with Crippen molar-refractivity contribution in [3.63, 3.8) is 0 Å². The van der Waals surface area contributed by atoms with Crippen molar-refractivity contribution < 1.29 is 24.3 Å². The molecule has 0 fully saturated rings. The summed E-state index contributed by atoms with van der Waals surface area (Å²) < 4.78 is 0. The van der Waals surface area contributed by atoms with Crippen LogP contribution in [0.3, 0.4) is 0 Å². The van der Waals surface area contributed by atoms with Gasteiger partial charge in [0.15, 0.2) is 5.96 Å². The third-order valence-corrected chi connectivity index (χ3v) is 6.69. The van der Waals surface area contributed by atoms with Gasteiger partial charge in [-0.15, -0.1) is 0 Å². The van der Waals surface area contributed by atoms with Crippen LogP contribution in [-0.4, -0.2) is 87.4 Å². The first-order chi connectivity index (χ1) is 19.6. The number of amides is 3. The van der Waals surface area contributed by atoms with E-state index in [1.54, 1.807) is 0 Å². The average molecular weight is 590 g/mol. The highest BCUT2D eigenvalue weighted by molar-refractivity contribution is 7.98. The number of nitrogens with zero attached hydrogens (tertiary/aromatic N) is 2. The molecule has 0 aliphatic heterocycles. The molecule has 0 aliphatic rings. The molecule has 0 spiro atoms. The Hall–Kier alpha value is -4.11. The highest BCUT2D eigenvalue weighted by Crippen LogP contribution is 2.08. The van der Waals surface area contributed by atoms with Gasteiger partial charge >= 0.3 is 5.97 Å².